The Hall–Kier alpha value is -2.88. The molecule has 0 saturated carbocycles. The van der Waals surface area contributed by atoms with Crippen LogP contribution in [0.25, 0.3) is 0 Å². The zero-order chi connectivity index (χ0) is 20.4. The van der Waals surface area contributed by atoms with Crippen LogP contribution in [0.1, 0.15) is 51.5 Å². The fourth-order valence-electron chi connectivity index (χ4n) is 4.85. The van der Waals surface area contributed by atoms with E-state index in [2.05, 4.69) is 25.1 Å². The number of nitriles is 3. The first kappa shape index (κ1) is 19.9. The Morgan fingerprint density at radius 3 is 2.25 bits per heavy atom. The predicted molar refractivity (Wildman–Crippen MR) is 101 cm³/mol. The van der Waals surface area contributed by atoms with E-state index >= 15 is 0 Å². The van der Waals surface area contributed by atoms with Crippen molar-refractivity contribution in [1.29, 1.82) is 21.2 Å². The molecule has 4 atom stereocenters. The maximum Gasteiger partial charge on any atom is 0.244 e. The van der Waals surface area contributed by atoms with Crippen molar-refractivity contribution in [2.24, 2.45) is 16.7 Å². The Bertz CT molecular complexity index is 865. The molecule has 1 N–H and O–H groups in total. The Morgan fingerprint density at radius 1 is 1.04 bits per heavy atom. The molecule has 2 fully saturated rings. The van der Waals surface area contributed by atoms with Gasteiger partial charge in [-0.15, -0.1) is 0 Å². The molecule has 6 nitrogen and oxygen atoms in total. The van der Waals surface area contributed by atoms with E-state index in [1.165, 1.54) is 0 Å². The third-order valence-electron chi connectivity index (χ3n) is 6.20. The summed E-state index contributed by atoms with van der Waals surface area (Å²) in [5, 5.41) is 39.1. The van der Waals surface area contributed by atoms with Gasteiger partial charge in [0.2, 0.25) is 11.7 Å². The monoisotopic (exact) mass is 376 g/mol. The van der Waals surface area contributed by atoms with Crippen molar-refractivity contribution in [3.05, 3.63) is 35.9 Å². The number of hydrogen-bond donors (Lipinski definition) is 1. The minimum absolute atomic E-state index is 0.341. The summed E-state index contributed by atoms with van der Waals surface area (Å²) in [6.45, 7) is 3.94. The van der Waals surface area contributed by atoms with E-state index in [1.54, 1.807) is 0 Å². The lowest BCUT2D eigenvalue weighted by molar-refractivity contribution is -0.290. The first-order chi connectivity index (χ1) is 13.5. The van der Waals surface area contributed by atoms with Crippen LogP contribution < -0.4 is 0 Å². The molecule has 0 amide bonds. The van der Waals surface area contributed by atoms with Crippen molar-refractivity contribution in [3.8, 4) is 18.2 Å². The average Bonchev–Trinajstić information content (AvgIpc) is 2.94. The molecule has 2 heterocycles. The molecule has 2 aliphatic heterocycles. The van der Waals surface area contributed by atoms with Gasteiger partial charge in [-0.05, 0) is 12.8 Å². The molecule has 1 aromatic rings. The van der Waals surface area contributed by atoms with Gasteiger partial charge in [-0.1, -0.05) is 63.4 Å². The van der Waals surface area contributed by atoms with E-state index in [9.17, 15) is 15.8 Å². The van der Waals surface area contributed by atoms with E-state index in [1.807, 2.05) is 37.3 Å². The van der Waals surface area contributed by atoms with Gasteiger partial charge < -0.3 is 9.47 Å². The second-order valence-corrected chi connectivity index (χ2v) is 7.48. The van der Waals surface area contributed by atoms with Gasteiger partial charge in [-0.25, -0.2) is 0 Å². The van der Waals surface area contributed by atoms with E-state index < -0.39 is 28.6 Å². The lowest BCUT2D eigenvalue weighted by atomic mass is 9.52. The molecule has 0 spiro atoms. The maximum atomic E-state index is 10.3. The van der Waals surface area contributed by atoms with Gasteiger partial charge in [0.05, 0.1) is 30.2 Å². The Labute approximate surface area is 165 Å². The van der Waals surface area contributed by atoms with Crippen LogP contribution in [0, 0.1) is 56.2 Å². The summed E-state index contributed by atoms with van der Waals surface area (Å²) in [5.41, 5.74) is -2.76. The third-order valence-corrected chi connectivity index (χ3v) is 6.20. The SMILES string of the molecule is CCCCCC1OC2(c3ccccc3)OC(=N)C(C#N)(C2CC)C1(C#N)C#N. The van der Waals surface area contributed by atoms with Gasteiger partial charge in [-0.2, -0.15) is 15.8 Å². The van der Waals surface area contributed by atoms with Crippen molar-refractivity contribution in [3.63, 3.8) is 0 Å². The largest absolute Gasteiger partial charge is 0.443 e. The number of ether oxygens (including phenoxy) is 2. The molecular formula is C22H24N4O2. The maximum absolute atomic E-state index is 10.3. The molecule has 0 aliphatic carbocycles. The number of rotatable bonds is 6. The van der Waals surface area contributed by atoms with Gasteiger partial charge in [-0.3, -0.25) is 5.41 Å². The summed E-state index contributed by atoms with van der Waals surface area (Å²) in [6.07, 6.45) is 2.75. The second-order valence-electron chi connectivity index (χ2n) is 7.48. The summed E-state index contributed by atoms with van der Waals surface area (Å²) in [6, 6.07) is 15.6. The predicted octanol–water partition coefficient (Wildman–Crippen LogP) is 4.40. The smallest absolute Gasteiger partial charge is 0.244 e. The molecule has 2 bridgehead atoms. The molecule has 4 unspecified atom stereocenters. The standard InChI is InChI=1S/C22H24N4O2/c1-3-5-7-12-18-20(13-23,14-24)21(15-25)17(4-2)22(27-18,28-19(21)26)16-10-8-6-9-11-16/h6,8-11,17-18,26H,3-5,7,12H2,1-2H3. The molecule has 2 saturated heterocycles. The molecule has 3 rings (SSSR count). The zero-order valence-corrected chi connectivity index (χ0v) is 16.2. The Kier molecular flexibility index (Phi) is 5.16. The third kappa shape index (κ3) is 2.30. The summed E-state index contributed by atoms with van der Waals surface area (Å²) >= 11 is 0. The Balaban J connectivity index is 2.25. The fourth-order valence-corrected chi connectivity index (χ4v) is 4.85. The van der Waals surface area contributed by atoms with Crippen molar-refractivity contribution in [1.82, 2.24) is 0 Å². The van der Waals surface area contributed by atoms with E-state index in [0.717, 1.165) is 19.3 Å². The van der Waals surface area contributed by atoms with Gasteiger partial charge in [0.25, 0.3) is 0 Å². The van der Waals surface area contributed by atoms with E-state index in [-0.39, 0.29) is 5.90 Å². The minimum Gasteiger partial charge on any atom is -0.443 e. The molecule has 144 valence electrons. The molecule has 2 aliphatic rings. The molecule has 0 radical (unpaired) electrons. The van der Waals surface area contributed by atoms with Crippen LogP contribution in [0.4, 0.5) is 0 Å². The molecular weight excluding hydrogens is 352 g/mol. The van der Waals surface area contributed by atoms with Crippen LogP contribution in [-0.4, -0.2) is 12.0 Å². The number of hydrogen-bond acceptors (Lipinski definition) is 6. The average molecular weight is 376 g/mol. The topological polar surface area (TPSA) is 114 Å². The summed E-state index contributed by atoms with van der Waals surface area (Å²) in [5.74, 6) is -2.31. The first-order valence-electron chi connectivity index (χ1n) is 9.78. The summed E-state index contributed by atoms with van der Waals surface area (Å²) < 4.78 is 12.4. The number of nitrogens with zero attached hydrogens (tertiary/aromatic N) is 3. The van der Waals surface area contributed by atoms with Crippen LogP contribution in [-0.2, 0) is 15.3 Å². The molecule has 28 heavy (non-hydrogen) atoms. The summed E-state index contributed by atoms with van der Waals surface area (Å²) in [7, 11) is 0. The number of fused-ring (bicyclic) bond motifs is 2. The Morgan fingerprint density at radius 2 is 1.71 bits per heavy atom. The zero-order valence-electron chi connectivity index (χ0n) is 16.2. The van der Waals surface area contributed by atoms with E-state index in [4.69, 9.17) is 14.9 Å². The van der Waals surface area contributed by atoms with Crippen molar-refractivity contribution in [2.45, 2.75) is 57.8 Å². The number of benzene rings is 1. The van der Waals surface area contributed by atoms with Crippen LogP contribution >= 0.6 is 0 Å². The lowest BCUT2D eigenvalue weighted by Crippen LogP contribution is -2.61. The van der Waals surface area contributed by atoms with Crippen LogP contribution in [0.15, 0.2) is 30.3 Å². The molecule has 0 aromatic heterocycles. The highest BCUT2D eigenvalue weighted by atomic mass is 16.7. The molecule has 1 aromatic carbocycles. The fraction of sp³-hybridized carbons (Fsp3) is 0.545. The summed E-state index contributed by atoms with van der Waals surface area (Å²) in [4.78, 5) is 0. The minimum atomic E-state index is -1.79. The van der Waals surface area contributed by atoms with Gasteiger partial charge in [0.15, 0.2) is 10.8 Å². The van der Waals surface area contributed by atoms with Crippen molar-refractivity contribution >= 4 is 5.90 Å². The van der Waals surface area contributed by atoms with Crippen LogP contribution in [0.5, 0.6) is 0 Å². The highest BCUT2D eigenvalue weighted by molar-refractivity contribution is 5.89. The van der Waals surface area contributed by atoms with Crippen molar-refractivity contribution in [2.75, 3.05) is 0 Å². The van der Waals surface area contributed by atoms with Gasteiger partial charge in [0.1, 0.15) is 0 Å². The molecule has 6 heteroatoms. The normalized spacial score (nSPS) is 32.6. The van der Waals surface area contributed by atoms with Gasteiger partial charge in [0, 0.05) is 5.56 Å². The van der Waals surface area contributed by atoms with Crippen LogP contribution in [0.3, 0.4) is 0 Å². The van der Waals surface area contributed by atoms with Crippen molar-refractivity contribution < 1.29 is 9.47 Å². The first-order valence-corrected chi connectivity index (χ1v) is 9.78. The van der Waals surface area contributed by atoms with E-state index in [0.29, 0.717) is 18.4 Å². The lowest BCUT2D eigenvalue weighted by Gasteiger charge is -2.49. The van der Waals surface area contributed by atoms with Gasteiger partial charge >= 0.3 is 0 Å². The highest BCUT2D eigenvalue weighted by Gasteiger charge is 2.79. The number of unbranched alkanes of at least 4 members (excludes halogenated alkanes) is 2. The number of nitrogens with one attached hydrogen (secondary N) is 1. The second kappa shape index (κ2) is 7.27. The highest BCUT2D eigenvalue weighted by Crippen LogP contribution is 2.67. The quantitative estimate of drug-likeness (QED) is 0.739. The van der Waals surface area contributed by atoms with Crippen LogP contribution in [0.2, 0.25) is 0 Å².